The number of nitrogens with zero attached hydrogens (tertiary/aromatic N) is 5. The first kappa shape index (κ1) is 24.8. The van der Waals surface area contributed by atoms with Crippen LogP contribution >= 0.6 is 0 Å². The van der Waals surface area contributed by atoms with Crippen molar-refractivity contribution in [3.63, 3.8) is 0 Å². The van der Waals surface area contributed by atoms with E-state index < -0.39 is 0 Å². The molecule has 6 rings (SSSR count). The number of hydrogen-bond donors (Lipinski definition) is 2. The van der Waals surface area contributed by atoms with Crippen LogP contribution in [0.2, 0.25) is 0 Å². The van der Waals surface area contributed by atoms with Gasteiger partial charge in [0, 0.05) is 67.6 Å². The number of hydrogen-bond acceptors (Lipinski definition) is 6. The van der Waals surface area contributed by atoms with Crippen LogP contribution in [-0.2, 0) is 11.3 Å². The number of aromatic amines is 2. The highest BCUT2D eigenvalue weighted by Crippen LogP contribution is 2.30. The first-order valence-corrected chi connectivity index (χ1v) is 13.5. The minimum absolute atomic E-state index is 0.0306. The molecule has 10 nitrogen and oxygen atoms in total. The third-order valence-electron chi connectivity index (χ3n) is 8.37. The predicted molar refractivity (Wildman–Crippen MR) is 146 cm³/mol. The highest BCUT2D eigenvalue weighted by atomic mass is 16.5. The molecule has 4 aromatic rings. The number of fused-ring (bicyclic) bond motifs is 3. The van der Waals surface area contributed by atoms with Gasteiger partial charge in [-0.15, -0.1) is 0 Å². The van der Waals surface area contributed by atoms with E-state index in [9.17, 15) is 9.59 Å². The summed E-state index contributed by atoms with van der Waals surface area (Å²) in [5.74, 6) is 0.0306. The fourth-order valence-electron chi connectivity index (χ4n) is 6.03. The van der Waals surface area contributed by atoms with Gasteiger partial charge in [0.05, 0.1) is 34.4 Å². The van der Waals surface area contributed by atoms with E-state index in [2.05, 4.69) is 39.0 Å². The van der Waals surface area contributed by atoms with Crippen molar-refractivity contribution in [3.05, 3.63) is 56.8 Å². The van der Waals surface area contributed by atoms with E-state index in [1.165, 1.54) is 5.56 Å². The zero-order valence-corrected chi connectivity index (χ0v) is 22.5. The number of H-pyrrole nitrogens is 2. The third kappa shape index (κ3) is 4.21. The Kier molecular flexibility index (Phi) is 6.31. The first-order chi connectivity index (χ1) is 18.3. The number of aryl methyl sites for hydroxylation is 3. The first-order valence-electron chi connectivity index (χ1n) is 13.5. The second-order valence-corrected chi connectivity index (χ2v) is 10.8. The molecule has 3 aromatic heterocycles. The maximum atomic E-state index is 13.9. The van der Waals surface area contributed by atoms with Crippen molar-refractivity contribution < 1.29 is 9.53 Å². The van der Waals surface area contributed by atoms with Crippen LogP contribution in [0.4, 0.5) is 0 Å². The standard InChI is InChI=1S/C28H35N7O3/c1-16-11-25-22(26-23(27(36)30-25)13-29-35(26)20-5-9-38-10-6-20)12-21(16)28(37)34-8-7-33(17(2)14-34)15-24-18(3)31-32-19(24)4/h11-13,17,20H,5-10,14-15H2,1-4H3,(H,30,36)(H,31,32)/t17-/m0/s1. The van der Waals surface area contributed by atoms with Gasteiger partial charge in [-0.3, -0.25) is 24.3 Å². The number of carbonyl (C=O) groups is 1. The van der Waals surface area contributed by atoms with E-state index in [4.69, 9.17) is 4.74 Å². The monoisotopic (exact) mass is 517 g/mol. The number of ether oxygens (including phenoxy) is 1. The Bertz CT molecular complexity index is 1560. The second-order valence-electron chi connectivity index (χ2n) is 10.8. The van der Waals surface area contributed by atoms with Crippen LogP contribution in [-0.4, -0.2) is 79.6 Å². The molecule has 0 saturated carbocycles. The molecule has 0 aliphatic carbocycles. The third-order valence-corrected chi connectivity index (χ3v) is 8.37. The zero-order valence-electron chi connectivity index (χ0n) is 22.5. The molecule has 0 spiro atoms. The van der Waals surface area contributed by atoms with Gasteiger partial charge < -0.3 is 14.6 Å². The number of nitrogens with one attached hydrogen (secondary N) is 2. The molecule has 0 bridgehead atoms. The number of carbonyl (C=O) groups excluding carboxylic acids is 1. The average Bonchev–Trinajstić information content (AvgIpc) is 3.49. The molecule has 1 atom stereocenters. The number of rotatable bonds is 4. The van der Waals surface area contributed by atoms with E-state index in [0.717, 1.165) is 59.3 Å². The summed E-state index contributed by atoms with van der Waals surface area (Å²) in [4.78, 5) is 34.1. The fraction of sp³-hybridized carbons (Fsp3) is 0.500. The Balaban J connectivity index is 1.31. The molecule has 10 heteroatoms. The van der Waals surface area contributed by atoms with Crippen molar-refractivity contribution in [2.75, 3.05) is 32.8 Å². The molecule has 2 aliphatic rings. The van der Waals surface area contributed by atoms with Gasteiger partial charge in [0.1, 0.15) is 0 Å². The highest BCUT2D eigenvalue weighted by molar-refractivity contribution is 6.07. The normalized spacial score (nSPS) is 19.6. The number of benzene rings is 1. The minimum atomic E-state index is -0.155. The molecule has 1 aromatic carbocycles. The lowest BCUT2D eigenvalue weighted by atomic mass is 10.0. The lowest BCUT2D eigenvalue weighted by molar-refractivity contribution is 0.0493. The Morgan fingerprint density at radius 2 is 1.92 bits per heavy atom. The molecule has 2 N–H and O–H groups in total. The molecule has 0 unspecified atom stereocenters. The van der Waals surface area contributed by atoms with Crippen LogP contribution in [0.25, 0.3) is 21.8 Å². The van der Waals surface area contributed by atoms with Crippen molar-refractivity contribution in [1.29, 1.82) is 0 Å². The fourth-order valence-corrected chi connectivity index (χ4v) is 6.03. The maximum Gasteiger partial charge on any atom is 0.259 e. The largest absolute Gasteiger partial charge is 0.381 e. The molecule has 2 saturated heterocycles. The van der Waals surface area contributed by atoms with Gasteiger partial charge in [-0.25, -0.2) is 0 Å². The molecule has 0 radical (unpaired) electrons. The average molecular weight is 518 g/mol. The van der Waals surface area contributed by atoms with Crippen molar-refractivity contribution in [2.24, 2.45) is 0 Å². The lowest BCUT2D eigenvalue weighted by Crippen LogP contribution is -2.53. The summed E-state index contributed by atoms with van der Waals surface area (Å²) >= 11 is 0. The Labute approximate surface area is 220 Å². The van der Waals surface area contributed by atoms with Crippen LogP contribution < -0.4 is 5.56 Å². The predicted octanol–water partition coefficient (Wildman–Crippen LogP) is 3.22. The van der Waals surface area contributed by atoms with Crippen molar-refractivity contribution in [1.82, 2.24) is 34.8 Å². The minimum Gasteiger partial charge on any atom is -0.381 e. The summed E-state index contributed by atoms with van der Waals surface area (Å²) in [5.41, 5.74) is 6.28. The van der Waals surface area contributed by atoms with Gasteiger partial charge in [0.2, 0.25) is 0 Å². The summed E-state index contributed by atoms with van der Waals surface area (Å²) in [6.07, 6.45) is 3.35. The zero-order chi connectivity index (χ0) is 26.6. The smallest absolute Gasteiger partial charge is 0.259 e. The van der Waals surface area contributed by atoms with Gasteiger partial charge in [-0.05, 0) is 58.2 Å². The van der Waals surface area contributed by atoms with Crippen molar-refractivity contribution in [3.8, 4) is 0 Å². The van der Waals surface area contributed by atoms with E-state index >= 15 is 0 Å². The van der Waals surface area contributed by atoms with Crippen LogP contribution in [0, 0.1) is 20.8 Å². The number of piperazine rings is 1. The van der Waals surface area contributed by atoms with E-state index in [-0.39, 0.29) is 23.6 Å². The summed E-state index contributed by atoms with van der Waals surface area (Å²) in [5, 5.41) is 13.4. The second kappa shape index (κ2) is 9.67. The molecule has 5 heterocycles. The van der Waals surface area contributed by atoms with Crippen LogP contribution in [0.15, 0.2) is 23.1 Å². The summed E-state index contributed by atoms with van der Waals surface area (Å²) in [6.45, 7) is 12.5. The van der Waals surface area contributed by atoms with Crippen LogP contribution in [0.1, 0.15) is 58.7 Å². The van der Waals surface area contributed by atoms with Gasteiger partial charge in [-0.1, -0.05) is 0 Å². The number of pyridine rings is 1. The van der Waals surface area contributed by atoms with E-state index in [0.29, 0.717) is 37.3 Å². The molecule has 2 fully saturated rings. The Hall–Kier alpha value is -3.50. The molecule has 1 amide bonds. The maximum absolute atomic E-state index is 13.9. The lowest BCUT2D eigenvalue weighted by Gasteiger charge is -2.40. The van der Waals surface area contributed by atoms with Gasteiger partial charge in [0.15, 0.2) is 0 Å². The molecular formula is C28H35N7O3. The van der Waals surface area contributed by atoms with Crippen molar-refractivity contribution >= 4 is 27.7 Å². The summed E-state index contributed by atoms with van der Waals surface area (Å²) < 4.78 is 7.52. The van der Waals surface area contributed by atoms with E-state index in [1.54, 1.807) is 6.20 Å². The molecular weight excluding hydrogens is 482 g/mol. The van der Waals surface area contributed by atoms with Gasteiger partial charge in [0.25, 0.3) is 11.5 Å². The Morgan fingerprint density at radius 1 is 1.13 bits per heavy atom. The molecule has 200 valence electrons. The molecule has 2 aliphatic heterocycles. The van der Waals surface area contributed by atoms with E-state index in [1.807, 2.05) is 35.6 Å². The van der Waals surface area contributed by atoms with Crippen LogP contribution in [0.5, 0.6) is 0 Å². The summed E-state index contributed by atoms with van der Waals surface area (Å²) in [6, 6.07) is 4.27. The van der Waals surface area contributed by atoms with Crippen LogP contribution in [0.3, 0.4) is 0 Å². The number of aromatic nitrogens is 5. The molecule has 38 heavy (non-hydrogen) atoms. The number of amides is 1. The van der Waals surface area contributed by atoms with Gasteiger partial charge in [-0.2, -0.15) is 10.2 Å². The SMILES string of the molecule is Cc1cc2[nH]c(=O)c3cnn(C4CCOCC4)c3c2cc1C(=O)N1CCN(Cc2c(C)n[nH]c2C)[C@@H](C)C1. The summed E-state index contributed by atoms with van der Waals surface area (Å²) in [7, 11) is 0. The van der Waals surface area contributed by atoms with Crippen molar-refractivity contribution in [2.45, 2.75) is 59.2 Å². The quantitative estimate of drug-likeness (QED) is 0.430. The Morgan fingerprint density at radius 3 is 2.63 bits per heavy atom. The van der Waals surface area contributed by atoms with Gasteiger partial charge >= 0.3 is 0 Å². The highest BCUT2D eigenvalue weighted by Gasteiger charge is 2.29. The topological polar surface area (TPSA) is 112 Å².